The Labute approximate surface area is 205 Å². The molecule has 9 heteroatoms. The standard InChI is InChI=1S/C24H32BrN3O4S/c1-5-22(24(30)26-6-2)27(15-14-19-10-8-7-9-11-19)23(29)17-28(33(4,31)32)20-12-13-21(25)18(3)16-20/h7-13,16,22H,5-6,14-15,17H2,1-4H3,(H,26,30). The van der Waals surface area contributed by atoms with E-state index < -0.39 is 22.0 Å². The van der Waals surface area contributed by atoms with Crippen LogP contribution in [0.15, 0.2) is 53.0 Å². The zero-order valence-corrected chi connectivity index (χ0v) is 21.9. The molecular formula is C24H32BrN3O4S. The number of likely N-dealkylation sites (N-methyl/N-ethyl adjacent to an activating group) is 1. The normalized spacial score (nSPS) is 12.2. The predicted molar refractivity (Wildman–Crippen MR) is 136 cm³/mol. The summed E-state index contributed by atoms with van der Waals surface area (Å²) in [7, 11) is -3.74. The quantitative estimate of drug-likeness (QED) is 0.475. The van der Waals surface area contributed by atoms with E-state index in [9.17, 15) is 18.0 Å². The van der Waals surface area contributed by atoms with Crippen LogP contribution in [0.4, 0.5) is 5.69 Å². The van der Waals surface area contributed by atoms with Crippen molar-refractivity contribution in [1.29, 1.82) is 0 Å². The first-order valence-corrected chi connectivity index (χ1v) is 13.6. The minimum atomic E-state index is -3.74. The Bertz CT molecular complexity index is 1060. The molecule has 0 bridgehead atoms. The summed E-state index contributed by atoms with van der Waals surface area (Å²) >= 11 is 3.42. The maximum Gasteiger partial charge on any atom is 0.244 e. The van der Waals surface area contributed by atoms with Gasteiger partial charge in [0.2, 0.25) is 21.8 Å². The van der Waals surface area contributed by atoms with Gasteiger partial charge in [-0.15, -0.1) is 0 Å². The van der Waals surface area contributed by atoms with Crippen LogP contribution in [-0.2, 0) is 26.0 Å². The molecule has 0 fully saturated rings. The van der Waals surface area contributed by atoms with Crippen LogP contribution < -0.4 is 9.62 Å². The zero-order valence-electron chi connectivity index (χ0n) is 19.5. The van der Waals surface area contributed by atoms with Gasteiger partial charge in [-0.1, -0.05) is 53.2 Å². The third-order valence-corrected chi connectivity index (χ3v) is 7.36. The molecule has 7 nitrogen and oxygen atoms in total. The molecule has 2 aromatic carbocycles. The number of sulfonamides is 1. The van der Waals surface area contributed by atoms with Crippen molar-refractivity contribution in [3.63, 3.8) is 0 Å². The van der Waals surface area contributed by atoms with E-state index in [1.165, 1.54) is 4.90 Å². The third kappa shape index (κ3) is 7.57. The lowest BCUT2D eigenvalue weighted by atomic mass is 10.1. The second-order valence-electron chi connectivity index (χ2n) is 7.84. The fourth-order valence-electron chi connectivity index (χ4n) is 3.59. The number of nitrogens with zero attached hydrogens (tertiary/aromatic N) is 2. The van der Waals surface area contributed by atoms with Crippen LogP contribution >= 0.6 is 15.9 Å². The van der Waals surface area contributed by atoms with Crippen molar-refractivity contribution in [1.82, 2.24) is 10.2 Å². The van der Waals surface area contributed by atoms with Gasteiger partial charge in [0.15, 0.2) is 0 Å². The minimum absolute atomic E-state index is 0.244. The summed E-state index contributed by atoms with van der Waals surface area (Å²) in [6.07, 6.45) is 2.05. The summed E-state index contributed by atoms with van der Waals surface area (Å²) in [5, 5.41) is 2.79. The number of rotatable bonds is 11. The number of carbonyl (C=O) groups is 2. The van der Waals surface area contributed by atoms with E-state index in [1.54, 1.807) is 18.2 Å². The Morgan fingerprint density at radius 1 is 1.09 bits per heavy atom. The molecule has 1 unspecified atom stereocenters. The molecule has 2 aromatic rings. The number of nitrogens with one attached hydrogen (secondary N) is 1. The molecule has 0 aliphatic heterocycles. The third-order valence-electron chi connectivity index (χ3n) is 5.33. The number of halogens is 1. The zero-order chi connectivity index (χ0) is 24.6. The first-order chi connectivity index (χ1) is 15.6. The molecule has 180 valence electrons. The molecule has 2 rings (SSSR count). The second-order valence-corrected chi connectivity index (χ2v) is 10.6. The highest BCUT2D eigenvalue weighted by molar-refractivity contribution is 9.10. The van der Waals surface area contributed by atoms with Crippen LogP contribution in [0.25, 0.3) is 0 Å². The first kappa shape index (κ1) is 26.9. The van der Waals surface area contributed by atoms with Crippen molar-refractivity contribution >= 4 is 43.5 Å². The van der Waals surface area contributed by atoms with Gasteiger partial charge in [-0.3, -0.25) is 13.9 Å². The number of hydrogen-bond donors (Lipinski definition) is 1. The Kier molecular flexibility index (Phi) is 9.91. The molecule has 0 aromatic heterocycles. The number of anilines is 1. The van der Waals surface area contributed by atoms with Gasteiger partial charge in [-0.05, 0) is 56.0 Å². The molecular weight excluding hydrogens is 506 g/mol. The van der Waals surface area contributed by atoms with Gasteiger partial charge in [0.25, 0.3) is 0 Å². The Morgan fingerprint density at radius 3 is 2.30 bits per heavy atom. The average molecular weight is 539 g/mol. The molecule has 2 amide bonds. The molecule has 0 radical (unpaired) electrons. The van der Waals surface area contributed by atoms with Gasteiger partial charge in [0, 0.05) is 17.6 Å². The van der Waals surface area contributed by atoms with Gasteiger partial charge in [0.05, 0.1) is 11.9 Å². The van der Waals surface area contributed by atoms with Crippen LogP contribution in [0, 0.1) is 6.92 Å². The van der Waals surface area contributed by atoms with Crippen molar-refractivity contribution in [2.75, 3.05) is 30.2 Å². The number of amides is 2. The fraction of sp³-hybridized carbons (Fsp3) is 0.417. The molecule has 1 atom stereocenters. The lowest BCUT2D eigenvalue weighted by molar-refractivity contribution is -0.139. The van der Waals surface area contributed by atoms with Gasteiger partial charge in [-0.25, -0.2) is 8.42 Å². The van der Waals surface area contributed by atoms with E-state index in [4.69, 9.17) is 0 Å². The number of benzene rings is 2. The number of carbonyl (C=O) groups excluding carboxylic acids is 2. The van der Waals surface area contributed by atoms with E-state index >= 15 is 0 Å². The highest BCUT2D eigenvalue weighted by Crippen LogP contribution is 2.25. The van der Waals surface area contributed by atoms with E-state index in [0.29, 0.717) is 31.6 Å². The van der Waals surface area contributed by atoms with Crippen LogP contribution in [0.2, 0.25) is 0 Å². The Balaban J connectivity index is 2.36. The van der Waals surface area contributed by atoms with Gasteiger partial charge in [0.1, 0.15) is 12.6 Å². The SMILES string of the molecule is CCNC(=O)C(CC)N(CCc1ccccc1)C(=O)CN(c1ccc(Br)c(C)c1)S(C)(=O)=O. The predicted octanol–water partition coefficient (Wildman–Crippen LogP) is 3.51. The van der Waals surface area contributed by atoms with E-state index in [-0.39, 0.29) is 12.5 Å². The molecule has 0 saturated heterocycles. The molecule has 0 aliphatic rings. The summed E-state index contributed by atoms with van der Waals surface area (Å²) < 4.78 is 27.1. The smallest absolute Gasteiger partial charge is 0.244 e. The average Bonchev–Trinajstić information content (AvgIpc) is 2.76. The Hall–Kier alpha value is -2.39. The largest absolute Gasteiger partial charge is 0.355 e. The van der Waals surface area contributed by atoms with Crippen LogP contribution in [0.5, 0.6) is 0 Å². The van der Waals surface area contributed by atoms with Crippen LogP contribution in [-0.4, -0.2) is 57.1 Å². The van der Waals surface area contributed by atoms with Gasteiger partial charge in [-0.2, -0.15) is 0 Å². The molecule has 1 N–H and O–H groups in total. The molecule has 0 saturated carbocycles. The molecule has 0 heterocycles. The van der Waals surface area contributed by atoms with Crippen LogP contribution in [0.1, 0.15) is 31.4 Å². The summed E-state index contributed by atoms with van der Waals surface area (Å²) in [4.78, 5) is 27.7. The van der Waals surface area contributed by atoms with Crippen molar-refractivity contribution in [2.24, 2.45) is 0 Å². The second kappa shape index (κ2) is 12.2. The lowest BCUT2D eigenvalue weighted by Crippen LogP contribution is -2.53. The van der Waals surface area contributed by atoms with Crippen molar-refractivity contribution < 1.29 is 18.0 Å². The van der Waals surface area contributed by atoms with E-state index in [0.717, 1.165) is 26.2 Å². The summed E-state index contributed by atoms with van der Waals surface area (Å²) in [5.41, 5.74) is 2.29. The van der Waals surface area contributed by atoms with Crippen molar-refractivity contribution in [2.45, 2.75) is 39.7 Å². The molecule has 0 aliphatic carbocycles. The monoisotopic (exact) mass is 537 g/mol. The summed E-state index contributed by atoms with van der Waals surface area (Å²) in [6, 6.07) is 14.1. The van der Waals surface area contributed by atoms with E-state index in [1.807, 2.05) is 51.1 Å². The van der Waals surface area contributed by atoms with Gasteiger partial charge < -0.3 is 10.2 Å². The fourth-order valence-corrected chi connectivity index (χ4v) is 4.67. The first-order valence-electron chi connectivity index (χ1n) is 10.9. The molecule has 0 spiro atoms. The summed E-state index contributed by atoms with van der Waals surface area (Å²) in [5.74, 6) is -0.665. The number of aryl methyl sites for hydroxylation is 1. The topological polar surface area (TPSA) is 86.8 Å². The van der Waals surface area contributed by atoms with Crippen molar-refractivity contribution in [3.8, 4) is 0 Å². The van der Waals surface area contributed by atoms with Gasteiger partial charge >= 0.3 is 0 Å². The van der Waals surface area contributed by atoms with E-state index in [2.05, 4.69) is 21.2 Å². The maximum atomic E-state index is 13.5. The minimum Gasteiger partial charge on any atom is -0.355 e. The highest BCUT2D eigenvalue weighted by Gasteiger charge is 2.31. The van der Waals surface area contributed by atoms with Crippen LogP contribution in [0.3, 0.4) is 0 Å². The highest BCUT2D eigenvalue weighted by atomic mass is 79.9. The van der Waals surface area contributed by atoms with Crippen molar-refractivity contribution in [3.05, 3.63) is 64.1 Å². The molecule has 33 heavy (non-hydrogen) atoms. The Morgan fingerprint density at radius 2 is 1.76 bits per heavy atom. The lowest BCUT2D eigenvalue weighted by Gasteiger charge is -2.32. The number of hydrogen-bond acceptors (Lipinski definition) is 4. The summed E-state index contributed by atoms with van der Waals surface area (Å²) in [6.45, 7) is 5.88. The maximum absolute atomic E-state index is 13.5.